The molecule has 0 bridgehead atoms. The molecular formula is C16H15FO. The Kier molecular flexibility index (Phi) is 3.28. The first-order valence-corrected chi connectivity index (χ1v) is 5.88. The third-order valence-corrected chi connectivity index (χ3v) is 3.27. The van der Waals surface area contributed by atoms with E-state index in [1.807, 2.05) is 32.0 Å². The molecule has 2 rings (SSSR count). The van der Waals surface area contributed by atoms with Crippen molar-refractivity contribution in [3.8, 4) is 11.1 Å². The number of carbonyl (C=O) groups excluding carboxylic acids is 1. The Hall–Kier alpha value is -1.96. The molecule has 0 atom stereocenters. The number of Topliss-reactive ketones (excluding diaryl/α,β-unsaturated/α-hetero) is 1. The minimum Gasteiger partial charge on any atom is -0.295 e. The van der Waals surface area contributed by atoms with Crippen LogP contribution in [0.3, 0.4) is 0 Å². The topological polar surface area (TPSA) is 17.1 Å². The maximum atomic E-state index is 13.9. The normalized spacial score (nSPS) is 10.4. The lowest BCUT2D eigenvalue weighted by atomic mass is 9.95. The summed E-state index contributed by atoms with van der Waals surface area (Å²) in [5, 5.41) is 0. The summed E-state index contributed by atoms with van der Waals surface area (Å²) < 4.78 is 13.9. The number of hydrogen-bond donors (Lipinski definition) is 0. The van der Waals surface area contributed by atoms with E-state index in [0.717, 1.165) is 16.7 Å². The molecule has 0 spiro atoms. The van der Waals surface area contributed by atoms with E-state index in [-0.39, 0.29) is 11.6 Å². The zero-order valence-electron chi connectivity index (χ0n) is 10.8. The van der Waals surface area contributed by atoms with Gasteiger partial charge in [-0.15, -0.1) is 0 Å². The second kappa shape index (κ2) is 4.73. The Morgan fingerprint density at radius 3 is 2.44 bits per heavy atom. The van der Waals surface area contributed by atoms with Crippen molar-refractivity contribution in [1.29, 1.82) is 0 Å². The van der Waals surface area contributed by atoms with Gasteiger partial charge in [0.15, 0.2) is 5.78 Å². The van der Waals surface area contributed by atoms with Crippen LogP contribution in [0.1, 0.15) is 28.4 Å². The average Bonchev–Trinajstić information content (AvgIpc) is 2.33. The van der Waals surface area contributed by atoms with Gasteiger partial charge in [-0.3, -0.25) is 4.79 Å². The van der Waals surface area contributed by atoms with E-state index in [1.165, 1.54) is 19.1 Å². The summed E-state index contributed by atoms with van der Waals surface area (Å²) in [6, 6.07) is 10.3. The summed E-state index contributed by atoms with van der Waals surface area (Å²) in [7, 11) is 0. The molecular weight excluding hydrogens is 227 g/mol. The standard InChI is InChI=1S/C16H15FO/c1-10-5-4-6-14(11(10)2)15-9-13(12(3)18)7-8-16(15)17/h4-9H,1-3H3. The first-order chi connectivity index (χ1) is 8.50. The largest absolute Gasteiger partial charge is 0.295 e. The molecule has 2 aromatic carbocycles. The summed E-state index contributed by atoms with van der Waals surface area (Å²) in [5.74, 6) is -0.352. The predicted molar refractivity (Wildman–Crippen MR) is 71.3 cm³/mol. The van der Waals surface area contributed by atoms with Crippen molar-refractivity contribution in [3.63, 3.8) is 0 Å². The number of rotatable bonds is 2. The van der Waals surface area contributed by atoms with Gasteiger partial charge >= 0.3 is 0 Å². The number of aryl methyl sites for hydroxylation is 1. The van der Waals surface area contributed by atoms with Crippen LogP contribution in [-0.2, 0) is 0 Å². The van der Waals surface area contributed by atoms with E-state index < -0.39 is 0 Å². The molecule has 0 heterocycles. The number of benzene rings is 2. The molecule has 0 N–H and O–H groups in total. The van der Waals surface area contributed by atoms with Gasteiger partial charge in [-0.2, -0.15) is 0 Å². The molecule has 18 heavy (non-hydrogen) atoms. The van der Waals surface area contributed by atoms with Crippen LogP contribution >= 0.6 is 0 Å². The second-order valence-electron chi connectivity index (χ2n) is 4.50. The monoisotopic (exact) mass is 242 g/mol. The van der Waals surface area contributed by atoms with Gasteiger partial charge in [-0.1, -0.05) is 18.2 Å². The van der Waals surface area contributed by atoms with E-state index >= 15 is 0 Å². The number of ketones is 1. The van der Waals surface area contributed by atoms with Crippen molar-refractivity contribution < 1.29 is 9.18 Å². The molecule has 0 aliphatic carbocycles. The van der Waals surface area contributed by atoms with Crippen LogP contribution in [0, 0.1) is 19.7 Å². The highest BCUT2D eigenvalue weighted by atomic mass is 19.1. The van der Waals surface area contributed by atoms with E-state index in [9.17, 15) is 9.18 Å². The summed E-state index contributed by atoms with van der Waals surface area (Å²) in [6.07, 6.45) is 0. The molecule has 0 unspecified atom stereocenters. The van der Waals surface area contributed by atoms with Gasteiger partial charge in [0.25, 0.3) is 0 Å². The van der Waals surface area contributed by atoms with Gasteiger partial charge < -0.3 is 0 Å². The fourth-order valence-corrected chi connectivity index (χ4v) is 1.99. The third kappa shape index (κ3) is 2.19. The van der Waals surface area contributed by atoms with Crippen molar-refractivity contribution >= 4 is 5.78 Å². The van der Waals surface area contributed by atoms with Gasteiger partial charge in [-0.05, 0) is 55.7 Å². The van der Waals surface area contributed by atoms with Crippen LogP contribution < -0.4 is 0 Å². The molecule has 1 nitrogen and oxygen atoms in total. The molecule has 2 heteroatoms. The lowest BCUT2D eigenvalue weighted by Crippen LogP contribution is -1.96. The van der Waals surface area contributed by atoms with Crippen LogP contribution in [-0.4, -0.2) is 5.78 Å². The molecule has 0 aliphatic rings. The fraction of sp³-hybridized carbons (Fsp3) is 0.188. The highest BCUT2D eigenvalue weighted by molar-refractivity contribution is 5.95. The first kappa shape index (κ1) is 12.5. The predicted octanol–water partition coefficient (Wildman–Crippen LogP) is 4.31. The zero-order valence-corrected chi connectivity index (χ0v) is 10.8. The summed E-state index contributed by atoms with van der Waals surface area (Å²) >= 11 is 0. The summed E-state index contributed by atoms with van der Waals surface area (Å²) in [6.45, 7) is 5.44. The minimum atomic E-state index is -0.297. The molecule has 0 saturated heterocycles. The number of hydrogen-bond acceptors (Lipinski definition) is 1. The van der Waals surface area contributed by atoms with Crippen molar-refractivity contribution in [2.75, 3.05) is 0 Å². The van der Waals surface area contributed by atoms with E-state index in [2.05, 4.69) is 0 Å². The van der Waals surface area contributed by atoms with Crippen LogP contribution in [0.2, 0.25) is 0 Å². The van der Waals surface area contributed by atoms with Gasteiger partial charge in [0, 0.05) is 11.1 Å². The Bertz CT molecular complexity index is 614. The number of halogens is 1. The maximum absolute atomic E-state index is 13.9. The highest BCUT2D eigenvalue weighted by Crippen LogP contribution is 2.28. The molecule has 0 fully saturated rings. The molecule has 0 aromatic heterocycles. The Morgan fingerprint density at radius 1 is 1.06 bits per heavy atom. The first-order valence-electron chi connectivity index (χ1n) is 5.88. The van der Waals surface area contributed by atoms with Gasteiger partial charge in [-0.25, -0.2) is 4.39 Å². The summed E-state index contributed by atoms with van der Waals surface area (Å²) in [4.78, 5) is 11.4. The second-order valence-corrected chi connectivity index (χ2v) is 4.50. The highest BCUT2D eigenvalue weighted by Gasteiger charge is 2.11. The Morgan fingerprint density at radius 2 is 1.78 bits per heavy atom. The van der Waals surface area contributed by atoms with Crippen LogP contribution in [0.5, 0.6) is 0 Å². The van der Waals surface area contributed by atoms with Gasteiger partial charge in [0.1, 0.15) is 5.82 Å². The van der Waals surface area contributed by atoms with Crippen molar-refractivity contribution in [2.45, 2.75) is 20.8 Å². The van der Waals surface area contributed by atoms with Crippen LogP contribution in [0.4, 0.5) is 4.39 Å². The van der Waals surface area contributed by atoms with E-state index in [1.54, 1.807) is 6.07 Å². The average molecular weight is 242 g/mol. The van der Waals surface area contributed by atoms with Gasteiger partial charge in [0.05, 0.1) is 0 Å². The van der Waals surface area contributed by atoms with Crippen LogP contribution in [0.25, 0.3) is 11.1 Å². The quantitative estimate of drug-likeness (QED) is 0.717. The number of carbonyl (C=O) groups is 1. The molecule has 0 amide bonds. The Balaban J connectivity index is 2.66. The maximum Gasteiger partial charge on any atom is 0.159 e. The fourth-order valence-electron chi connectivity index (χ4n) is 1.99. The summed E-state index contributed by atoms with van der Waals surface area (Å²) in [5.41, 5.74) is 4.02. The van der Waals surface area contributed by atoms with Crippen molar-refractivity contribution in [1.82, 2.24) is 0 Å². The van der Waals surface area contributed by atoms with E-state index in [0.29, 0.717) is 11.1 Å². The van der Waals surface area contributed by atoms with Crippen molar-refractivity contribution in [2.24, 2.45) is 0 Å². The Labute approximate surface area is 106 Å². The lowest BCUT2D eigenvalue weighted by molar-refractivity contribution is 0.101. The van der Waals surface area contributed by atoms with E-state index in [4.69, 9.17) is 0 Å². The third-order valence-electron chi connectivity index (χ3n) is 3.27. The van der Waals surface area contributed by atoms with Gasteiger partial charge in [0.2, 0.25) is 0 Å². The molecule has 0 saturated carbocycles. The molecule has 2 aromatic rings. The lowest BCUT2D eigenvalue weighted by Gasteiger charge is -2.10. The SMILES string of the molecule is CC(=O)c1ccc(F)c(-c2cccc(C)c2C)c1. The molecule has 0 aliphatic heterocycles. The molecule has 92 valence electrons. The van der Waals surface area contributed by atoms with Crippen molar-refractivity contribution in [3.05, 3.63) is 58.9 Å². The van der Waals surface area contributed by atoms with Crippen LogP contribution in [0.15, 0.2) is 36.4 Å². The smallest absolute Gasteiger partial charge is 0.159 e. The minimum absolute atomic E-state index is 0.0541. The molecule has 0 radical (unpaired) electrons. The zero-order chi connectivity index (χ0) is 13.3.